The highest BCUT2D eigenvalue weighted by Crippen LogP contribution is 2.35. The molecule has 0 radical (unpaired) electrons. The van der Waals surface area contributed by atoms with E-state index in [1.54, 1.807) is 42.1 Å². The van der Waals surface area contributed by atoms with Gasteiger partial charge in [-0.2, -0.15) is 16.9 Å². The first-order valence-electron chi connectivity index (χ1n) is 10.6. The van der Waals surface area contributed by atoms with Crippen LogP contribution in [0, 0.1) is 5.82 Å². The number of halogens is 1. The van der Waals surface area contributed by atoms with E-state index < -0.39 is 0 Å². The molecule has 5 rings (SSSR count). The molecule has 0 saturated carbocycles. The first kappa shape index (κ1) is 22.0. The average Bonchev–Trinajstić information content (AvgIpc) is 3.55. The number of anilines is 1. The summed E-state index contributed by atoms with van der Waals surface area (Å²) in [7, 11) is 0. The SMILES string of the molecule is O=C(/C=C/c1ccc2c(c1)OCO2)Nc1c2c(nn1CC(=O)NCc1ccc(F)cc1)CSC2. The van der Waals surface area contributed by atoms with Crippen molar-refractivity contribution in [3.05, 3.63) is 76.7 Å². The molecule has 3 heterocycles. The van der Waals surface area contributed by atoms with E-state index in [9.17, 15) is 14.0 Å². The van der Waals surface area contributed by atoms with Gasteiger partial charge in [0, 0.05) is 29.7 Å². The molecule has 34 heavy (non-hydrogen) atoms. The van der Waals surface area contributed by atoms with Gasteiger partial charge in [-0.25, -0.2) is 9.07 Å². The molecule has 0 spiro atoms. The number of hydrogen-bond acceptors (Lipinski definition) is 6. The maximum Gasteiger partial charge on any atom is 0.249 e. The second kappa shape index (κ2) is 9.60. The van der Waals surface area contributed by atoms with Crippen LogP contribution in [-0.4, -0.2) is 28.4 Å². The normalized spacial score (nSPS) is 13.8. The molecule has 10 heteroatoms. The molecule has 2 aromatic carbocycles. The van der Waals surface area contributed by atoms with Crippen LogP contribution in [-0.2, 0) is 34.2 Å². The number of nitrogens with one attached hydrogen (secondary N) is 2. The number of fused-ring (bicyclic) bond motifs is 2. The van der Waals surface area contributed by atoms with Gasteiger partial charge in [-0.15, -0.1) is 0 Å². The molecule has 174 valence electrons. The number of rotatable bonds is 7. The Morgan fingerprint density at radius 1 is 1.12 bits per heavy atom. The van der Waals surface area contributed by atoms with Gasteiger partial charge >= 0.3 is 0 Å². The Balaban J connectivity index is 1.24. The fourth-order valence-electron chi connectivity index (χ4n) is 3.66. The Morgan fingerprint density at radius 3 is 2.79 bits per heavy atom. The molecule has 0 unspecified atom stereocenters. The number of ether oxygens (including phenoxy) is 2. The van der Waals surface area contributed by atoms with Crippen LogP contribution < -0.4 is 20.1 Å². The zero-order chi connectivity index (χ0) is 23.5. The fraction of sp³-hybridized carbons (Fsp3) is 0.208. The van der Waals surface area contributed by atoms with E-state index in [0.29, 0.717) is 23.1 Å². The molecule has 2 N–H and O–H groups in total. The summed E-state index contributed by atoms with van der Waals surface area (Å²) in [6.45, 7) is 0.420. The fourth-order valence-corrected chi connectivity index (χ4v) is 4.70. The summed E-state index contributed by atoms with van der Waals surface area (Å²) in [5.41, 5.74) is 3.39. The molecule has 2 aliphatic heterocycles. The highest BCUT2D eigenvalue weighted by atomic mass is 32.2. The maximum absolute atomic E-state index is 13.1. The van der Waals surface area contributed by atoms with Gasteiger partial charge in [0.1, 0.15) is 18.2 Å². The third-order valence-corrected chi connectivity index (χ3v) is 6.35. The third-order valence-electron chi connectivity index (χ3n) is 5.38. The van der Waals surface area contributed by atoms with Gasteiger partial charge in [-0.3, -0.25) is 9.59 Å². The minimum atomic E-state index is -0.328. The molecular formula is C24H21FN4O4S. The van der Waals surface area contributed by atoms with Gasteiger partial charge < -0.3 is 20.1 Å². The van der Waals surface area contributed by atoms with Crippen molar-refractivity contribution in [2.24, 2.45) is 0 Å². The molecule has 0 atom stereocenters. The van der Waals surface area contributed by atoms with Gasteiger partial charge in [0.05, 0.1) is 5.69 Å². The number of aromatic nitrogens is 2. The number of carbonyl (C=O) groups excluding carboxylic acids is 2. The largest absolute Gasteiger partial charge is 0.454 e. The summed E-state index contributed by atoms with van der Waals surface area (Å²) < 4.78 is 25.2. The number of nitrogens with zero attached hydrogens (tertiary/aromatic N) is 2. The lowest BCUT2D eigenvalue weighted by Gasteiger charge is -2.10. The lowest BCUT2D eigenvalue weighted by Crippen LogP contribution is -2.28. The molecule has 2 aliphatic rings. The first-order valence-corrected chi connectivity index (χ1v) is 11.8. The molecule has 0 saturated heterocycles. The van der Waals surface area contributed by atoms with E-state index in [2.05, 4.69) is 15.7 Å². The molecular weight excluding hydrogens is 459 g/mol. The molecule has 0 bridgehead atoms. The van der Waals surface area contributed by atoms with Gasteiger partial charge in [0.25, 0.3) is 0 Å². The van der Waals surface area contributed by atoms with E-state index >= 15 is 0 Å². The second-order valence-electron chi connectivity index (χ2n) is 7.76. The van der Waals surface area contributed by atoms with Crippen molar-refractivity contribution in [2.45, 2.75) is 24.6 Å². The average molecular weight is 481 g/mol. The van der Waals surface area contributed by atoms with E-state index in [4.69, 9.17) is 9.47 Å². The molecule has 0 aliphatic carbocycles. The van der Waals surface area contributed by atoms with Crippen molar-refractivity contribution in [1.82, 2.24) is 15.1 Å². The van der Waals surface area contributed by atoms with Crippen molar-refractivity contribution in [2.75, 3.05) is 12.1 Å². The number of hydrogen-bond donors (Lipinski definition) is 2. The molecule has 2 amide bonds. The van der Waals surface area contributed by atoms with E-state index in [1.807, 2.05) is 6.07 Å². The van der Waals surface area contributed by atoms with E-state index in [1.165, 1.54) is 22.9 Å². The van der Waals surface area contributed by atoms with Crippen molar-refractivity contribution < 1.29 is 23.5 Å². The summed E-state index contributed by atoms with van der Waals surface area (Å²) in [5.74, 6) is 2.38. The lowest BCUT2D eigenvalue weighted by atomic mass is 10.2. The van der Waals surface area contributed by atoms with Crippen LogP contribution in [0.3, 0.4) is 0 Å². The topological polar surface area (TPSA) is 94.5 Å². The zero-order valence-corrected chi connectivity index (χ0v) is 18.9. The van der Waals surface area contributed by atoms with Crippen molar-refractivity contribution in [3.8, 4) is 11.5 Å². The van der Waals surface area contributed by atoms with Crippen LogP contribution in [0.25, 0.3) is 6.08 Å². The standard InChI is InChI=1S/C24H21FN4O4S/c25-17-5-1-16(2-6-17)10-26-23(31)11-29-24(18-12-34-13-19(18)28-29)27-22(30)8-4-15-3-7-20-21(9-15)33-14-32-20/h1-9H,10-14H2,(H,26,31)(H,27,30)/b8-4+. The number of thioether (sulfide) groups is 1. The Kier molecular flexibility index (Phi) is 6.22. The Hall–Kier alpha value is -3.79. The quantitative estimate of drug-likeness (QED) is 0.503. The third kappa shape index (κ3) is 4.91. The minimum Gasteiger partial charge on any atom is -0.454 e. The van der Waals surface area contributed by atoms with E-state index in [0.717, 1.165) is 28.1 Å². The molecule has 0 fully saturated rings. The summed E-state index contributed by atoms with van der Waals surface area (Å²) in [6, 6.07) is 11.4. The minimum absolute atomic E-state index is 0.0413. The number of amides is 2. The first-order chi connectivity index (χ1) is 16.5. The second-order valence-corrected chi connectivity index (χ2v) is 8.75. The predicted molar refractivity (Wildman–Crippen MR) is 126 cm³/mol. The maximum atomic E-state index is 13.1. The van der Waals surface area contributed by atoms with Crippen molar-refractivity contribution >= 4 is 35.5 Å². The molecule has 1 aromatic heterocycles. The van der Waals surface area contributed by atoms with Crippen LogP contribution >= 0.6 is 11.8 Å². The van der Waals surface area contributed by atoms with Gasteiger partial charge in [0.2, 0.25) is 18.6 Å². The van der Waals surface area contributed by atoms with Crippen LogP contribution in [0.5, 0.6) is 11.5 Å². The number of carbonyl (C=O) groups is 2. The van der Waals surface area contributed by atoms with Crippen LogP contribution in [0.15, 0.2) is 48.5 Å². The van der Waals surface area contributed by atoms with Gasteiger partial charge in [-0.1, -0.05) is 18.2 Å². The summed E-state index contributed by atoms with van der Waals surface area (Å²) >= 11 is 1.71. The van der Waals surface area contributed by atoms with Gasteiger partial charge in [-0.05, 0) is 41.5 Å². The predicted octanol–water partition coefficient (Wildman–Crippen LogP) is 3.47. The Morgan fingerprint density at radius 2 is 1.94 bits per heavy atom. The summed E-state index contributed by atoms with van der Waals surface area (Å²) in [6.07, 6.45) is 3.11. The number of benzene rings is 2. The smallest absolute Gasteiger partial charge is 0.249 e. The molecule has 3 aromatic rings. The van der Waals surface area contributed by atoms with Crippen molar-refractivity contribution in [3.63, 3.8) is 0 Å². The van der Waals surface area contributed by atoms with Crippen LogP contribution in [0.1, 0.15) is 22.4 Å². The zero-order valence-electron chi connectivity index (χ0n) is 18.0. The summed E-state index contributed by atoms with van der Waals surface area (Å²) in [5, 5.41) is 10.2. The van der Waals surface area contributed by atoms with E-state index in [-0.39, 0.29) is 37.5 Å². The Labute approximate surface area is 199 Å². The van der Waals surface area contributed by atoms with Crippen LogP contribution in [0.2, 0.25) is 0 Å². The summed E-state index contributed by atoms with van der Waals surface area (Å²) in [4.78, 5) is 25.2. The highest BCUT2D eigenvalue weighted by Gasteiger charge is 2.24. The monoisotopic (exact) mass is 480 g/mol. The molecule has 8 nitrogen and oxygen atoms in total. The Bertz CT molecular complexity index is 1270. The highest BCUT2D eigenvalue weighted by molar-refractivity contribution is 7.98. The van der Waals surface area contributed by atoms with Gasteiger partial charge in [0.15, 0.2) is 11.5 Å². The lowest BCUT2D eigenvalue weighted by molar-refractivity contribution is -0.122. The van der Waals surface area contributed by atoms with Crippen molar-refractivity contribution in [1.29, 1.82) is 0 Å². The van der Waals surface area contributed by atoms with Crippen LogP contribution in [0.4, 0.5) is 10.2 Å².